The first kappa shape index (κ1) is 15.6. The van der Waals surface area contributed by atoms with Crippen LogP contribution < -0.4 is 4.74 Å². The Hall–Kier alpha value is -2.24. The molecule has 23 heavy (non-hydrogen) atoms. The number of benzene rings is 1. The van der Waals surface area contributed by atoms with E-state index in [1.807, 2.05) is 6.08 Å². The molecule has 122 valence electrons. The second-order valence-electron chi connectivity index (χ2n) is 5.82. The molecule has 0 N–H and O–H groups in total. The molecule has 1 aromatic rings. The summed E-state index contributed by atoms with van der Waals surface area (Å²) >= 11 is 0. The fourth-order valence-corrected chi connectivity index (χ4v) is 3.20. The first-order valence-corrected chi connectivity index (χ1v) is 7.46. The molecule has 6 heteroatoms. The lowest BCUT2D eigenvalue weighted by molar-refractivity contribution is -0.148. The molecule has 0 aromatic heterocycles. The number of Topliss-reactive ketones (excluding diaryl/α,β-unsaturated/α-hetero) is 1. The highest BCUT2D eigenvalue weighted by Gasteiger charge is 2.40. The number of hydrogen-bond acceptors (Lipinski definition) is 4. The average molecular weight is 322 g/mol. The third-order valence-corrected chi connectivity index (χ3v) is 4.33. The van der Waals surface area contributed by atoms with E-state index < -0.39 is 6.61 Å². The monoisotopic (exact) mass is 322 g/mol. The zero-order chi connectivity index (χ0) is 16.4. The quantitative estimate of drug-likeness (QED) is 0.458. The largest absolute Gasteiger partial charge is 0.457 e. The summed E-state index contributed by atoms with van der Waals surface area (Å²) in [7, 11) is 0. The van der Waals surface area contributed by atoms with Crippen LogP contribution in [-0.2, 0) is 9.53 Å². The maximum absolute atomic E-state index is 12.0. The van der Waals surface area contributed by atoms with E-state index in [9.17, 15) is 18.4 Å². The molecule has 3 rings (SSSR count). The average Bonchev–Trinajstić information content (AvgIpc) is 3.15. The van der Waals surface area contributed by atoms with Crippen molar-refractivity contribution >= 4 is 11.8 Å². The number of carbonyl (C=O) groups excluding carboxylic acids is 2. The third kappa shape index (κ3) is 3.57. The van der Waals surface area contributed by atoms with Gasteiger partial charge in [-0.25, -0.2) is 0 Å². The van der Waals surface area contributed by atoms with Crippen molar-refractivity contribution in [1.82, 2.24) is 0 Å². The van der Waals surface area contributed by atoms with Crippen molar-refractivity contribution < 1.29 is 27.8 Å². The van der Waals surface area contributed by atoms with Crippen molar-refractivity contribution in [2.24, 2.45) is 17.8 Å². The van der Waals surface area contributed by atoms with Crippen molar-refractivity contribution in [3.05, 3.63) is 42.0 Å². The van der Waals surface area contributed by atoms with Gasteiger partial charge in [-0.05, 0) is 48.9 Å². The Kier molecular flexibility index (Phi) is 4.41. The van der Waals surface area contributed by atoms with Gasteiger partial charge >= 0.3 is 12.6 Å². The van der Waals surface area contributed by atoms with Crippen molar-refractivity contribution in [3.8, 4) is 5.75 Å². The van der Waals surface area contributed by atoms with Crippen LogP contribution in [0, 0.1) is 17.8 Å². The number of ether oxygens (including phenoxy) is 2. The topological polar surface area (TPSA) is 52.6 Å². The maximum Gasteiger partial charge on any atom is 0.387 e. The van der Waals surface area contributed by atoms with Gasteiger partial charge in [-0.3, -0.25) is 9.59 Å². The summed E-state index contributed by atoms with van der Waals surface area (Å²) in [6.07, 6.45) is 5.94. The second-order valence-corrected chi connectivity index (χ2v) is 5.82. The lowest BCUT2D eigenvalue weighted by atomic mass is 9.94. The van der Waals surface area contributed by atoms with Crippen LogP contribution in [0.2, 0.25) is 0 Å². The number of halogens is 2. The van der Waals surface area contributed by atoms with Gasteiger partial charge in [0, 0.05) is 5.56 Å². The summed E-state index contributed by atoms with van der Waals surface area (Å²) in [5, 5.41) is 0. The molecule has 2 aliphatic carbocycles. The number of fused-ring (bicyclic) bond motifs is 2. The summed E-state index contributed by atoms with van der Waals surface area (Å²) in [5.74, 6) is -0.209. The standard InChI is InChI=1S/C17H16F2O4/c18-17(19)23-13-5-3-11(4-6-13)15(20)9-22-16(21)14-8-10-1-2-12(14)7-10/h1-6,10,12,14,17H,7-9H2/t10-,12-,14-/m0/s1. The fourth-order valence-electron chi connectivity index (χ4n) is 3.20. The molecular weight excluding hydrogens is 306 g/mol. The Balaban J connectivity index is 1.51. The number of esters is 1. The molecule has 1 saturated carbocycles. The SMILES string of the molecule is O=C(COC(=O)[C@H]1C[C@H]2C=C[C@H]1C2)c1ccc(OC(F)F)cc1. The molecule has 0 unspecified atom stereocenters. The Morgan fingerprint density at radius 3 is 2.43 bits per heavy atom. The highest BCUT2D eigenvalue weighted by atomic mass is 19.3. The van der Waals surface area contributed by atoms with Crippen molar-refractivity contribution in [1.29, 1.82) is 0 Å². The summed E-state index contributed by atoms with van der Waals surface area (Å²) < 4.78 is 33.4. The Morgan fingerprint density at radius 1 is 1.13 bits per heavy atom. The van der Waals surface area contributed by atoms with Crippen LogP contribution >= 0.6 is 0 Å². The van der Waals surface area contributed by atoms with Gasteiger partial charge in [0.2, 0.25) is 0 Å². The Bertz CT molecular complexity index is 624. The molecule has 3 atom stereocenters. The van der Waals surface area contributed by atoms with Crippen LogP contribution in [0.3, 0.4) is 0 Å². The van der Waals surface area contributed by atoms with Crippen molar-refractivity contribution in [3.63, 3.8) is 0 Å². The molecule has 0 aliphatic heterocycles. The van der Waals surface area contributed by atoms with Gasteiger partial charge in [0.15, 0.2) is 12.4 Å². The van der Waals surface area contributed by atoms with Crippen LogP contribution in [0.5, 0.6) is 5.75 Å². The molecule has 0 amide bonds. The number of ketones is 1. The van der Waals surface area contributed by atoms with Crippen LogP contribution in [-0.4, -0.2) is 25.0 Å². The van der Waals surface area contributed by atoms with Crippen molar-refractivity contribution in [2.75, 3.05) is 6.61 Å². The molecule has 1 fully saturated rings. The molecule has 0 heterocycles. The molecule has 0 radical (unpaired) electrons. The van der Waals surface area contributed by atoms with E-state index in [4.69, 9.17) is 4.74 Å². The smallest absolute Gasteiger partial charge is 0.387 e. The lowest BCUT2D eigenvalue weighted by Crippen LogP contribution is -2.24. The molecular formula is C17H16F2O4. The highest BCUT2D eigenvalue weighted by Crippen LogP contribution is 2.43. The van der Waals surface area contributed by atoms with Crippen LogP contribution in [0.1, 0.15) is 23.2 Å². The summed E-state index contributed by atoms with van der Waals surface area (Å²) in [6.45, 7) is -3.25. The van der Waals surface area contributed by atoms with Gasteiger partial charge in [0.1, 0.15) is 5.75 Å². The van der Waals surface area contributed by atoms with E-state index in [-0.39, 0.29) is 41.5 Å². The van der Waals surface area contributed by atoms with E-state index >= 15 is 0 Å². The molecule has 2 aliphatic rings. The third-order valence-electron chi connectivity index (χ3n) is 4.33. The van der Waals surface area contributed by atoms with E-state index in [0.717, 1.165) is 12.8 Å². The van der Waals surface area contributed by atoms with Crippen LogP contribution in [0.25, 0.3) is 0 Å². The van der Waals surface area contributed by atoms with Gasteiger partial charge in [0.05, 0.1) is 5.92 Å². The predicted octanol–water partition coefficient (Wildman–Crippen LogP) is 3.23. The first-order chi connectivity index (χ1) is 11.0. The van der Waals surface area contributed by atoms with Crippen LogP contribution in [0.15, 0.2) is 36.4 Å². The fraction of sp³-hybridized carbons (Fsp3) is 0.412. The van der Waals surface area contributed by atoms with E-state index in [0.29, 0.717) is 5.92 Å². The normalized spacial score (nSPS) is 24.9. The maximum atomic E-state index is 12.0. The van der Waals surface area contributed by atoms with E-state index in [1.165, 1.54) is 24.3 Å². The Labute approximate surface area is 132 Å². The number of carbonyl (C=O) groups is 2. The van der Waals surface area contributed by atoms with E-state index in [2.05, 4.69) is 10.8 Å². The minimum absolute atomic E-state index is 0.0256. The van der Waals surface area contributed by atoms with Gasteiger partial charge in [-0.2, -0.15) is 8.78 Å². The molecule has 2 bridgehead atoms. The predicted molar refractivity (Wildman–Crippen MR) is 77.2 cm³/mol. The van der Waals surface area contributed by atoms with Crippen LogP contribution in [0.4, 0.5) is 8.78 Å². The molecule has 1 aromatic carbocycles. The number of hydrogen-bond donors (Lipinski definition) is 0. The minimum atomic E-state index is -2.91. The zero-order valence-electron chi connectivity index (χ0n) is 12.3. The Morgan fingerprint density at radius 2 is 1.87 bits per heavy atom. The second kappa shape index (κ2) is 6.48. The summed E-state index contributed by atoms with van der Waals surface area (Å²) in [6, 6.07) is 5.30. The lowest BCUT2D eigenvalue weighted by Gasteiger charge is -2.16. The summed E-state index contributed by atoms with van der Waals surface area (Å²) in [5.41, 5.74) is 0.284. The summed E-state index contributed by atoms with van der Waals surface area (Å²) in [4.78, 5) is 24.0. The number of rotatable bonds is 6. The van der Waals surface area contributed by atoms with Gasteiger partial charge in [0.25, 0.3) is 0 Å². The van der Waals surface area contributed by atoms with Gasteiger partial charge < -0.3 is 9.47 Å². The highest BCUT2D eigenvalue weighted by molar-refractivity contribution is 5.98. The van der Waals surface area contributed by atoms with Crippen molar-refractivity contribution in [2.45, 2.75) is 19.5 Å². The molecule has 0 saturated heterocycles. The minimum Gasteiger partial charge on any atom is -0.457 e. The number of allylic oxidation sites excluding steroid dienone is 2. The van der Waals surface area contributed by atoms with E-state index in [1.54, 1.807) is 0 Å². The molecule has 4 nitrogen and oxygen atoms in total. The molecule has 0 spiro atoms. The first-order valence-electron chi connectivity index (χ1n) is 7.46. The zero-order valence-corrected chi connectivity index (χ0v) is 12.3. The number of alkyl halides is 2. The van der Waals surface area contributed by atoms with Gasteiger partial charge in [-0.15, -0.1) is 0 Å². The van der Waals surface area contributed by atoms with Gasteiger partial charge in [-0.1, -0.05) is 12.2 Å².